The fraction of sp³-hybridized carbons (Fsp3) is 0.0357. The molecular weight excluding hydrogens is 531 g/mol. The molecule has 0 heterocycles. The predicted octanol–water partition coefficient (Wildman–Crippen LogP) is 7.42. The molecule has 2 amide bonds. The summed E-state index contributed by atoms with van der Waals surface area (Å²) in [6.07, 6.45) is 0. The average molecular weight is 551 g/mol. The van der Waals surface area contributed by atoms with Crippen LogP contribution < -0.4 is 10.6 Å². The number of anilines is 2. The number of rotatable bonds is 8. The molecular formula is C28H20Cl2N2O4S. The van der Waals surface area contributed by atoms with E-state index in [1.165, 1.54) is 30.0 Å². The molecule has 186 valence electrons. The molecule has 0 aliphatic carbocycles. The SMILES string of the molecule is O=C(O)c1ccc(Cl)c(NC(=O)C(Sc2ccc(NC(=O)c3cccc(Cl)c3)cc2)c2ccccc2)c1. The molecule has 0 aliphatic rings. The second kappa shape index (κ2) is 12.0. The lowest BCUT2D eigenvalue weighted by atomic mass is 10.1. The molecule has 4 rings (SSSR count). The molecule has 0 bridgehead atoms. The number of aromatic carboxylic acids is 1. The Morgan fingerprint density at radius 1 is 0.757 bits per heavy atom. The second-order valence-electron chi connectivity index (χ2n) is 7.89. The van der Waals surface area contributed by atoms with Crippen LogP contribution in [-0.4, -0.2) is 22.9 Å². The van der Waals surface area contributed by atoms with E-state index in [0.29, 0.717) is 16.3 Å². The third-order valence-electron chi connectivity index (χ3n) is 5.26. The van der Waals surface area contributed by atoms with Gasteiger partial charge in [-0.2, -0.15) is 0 Å². The molecule has 3 N–H and O–H groups in total. The van der Waals surface area contributed by atoms with Crippen molar-refractivity contribution < 1.29 is 19.5 Å². The van der Waals surface area contributed by atoms with Gasteiger partial charge in [0.15, 0.2) is 0 Å². The molecule has 37 heavy (non-hydrogen) atoms. The molecule has 6 nitrogen and oxygen atoms in total. The number of hydrogen-bond donors (Lipinski definition) is 3. The Balaban J connectivity index is 1.52. The van der Waals surface area contributed by atoms with Crippen LogP contribution in [0.5, 0.6) is 0 Å². The number of benzene rings is 4. The summed E-state index contributed by atoms with van der Waals surface area (Å²) in [7, 11) is 0. The highest BCUT2D eigenvalue weighted by molar-refractivity contribution is 8.00. The maximum atomic E-state index is 13.3. The van der Waals surface area contributed by atoms with Crippen LogP contribution in [0.1, 0.15) is 31.5 Å². The maximum Gasteiger partial charge on any atom is 0.335 e. The summed E-state index contributed by atoms with van der Waals surface area (Å²) in [5.74, 6) is -1.77. The van der Waals surface area contributed by atoms with E-state index in [1.807, 2.05) is 30.3 Å². The highest BCUT2D eigenvalue weighted by atomic mass is 35.5. The predicted molar refractivity (Wildman–Crippen MR) is 148 cm³/mol. The largest absolute Gasteiger partial charge is 0.478 e. The molecule has 0 aromatic heterocycles. The quantitative estimate of drug-likeness (QED) is 0.198. The third-order valence-corrected chi connectivity index (χ3v) is 7.10. The van der Waals surface area contributed by atoms with Gasteiger partial charge in [-0.05, 0) is 66.2 Å². The Hall–Kier alpha value is -3.78. The third kappa shape index (κ3) is 6.92. The van der Waals surface area contributed by atoms with Gasteiger partial charge in [0, 0.05) is 21.2 Å². The van der Waals surface area contributed by atoms with E-state index in [1.54, 1.807) is 48.5 Å². The summed E-state index contributed by atoms with van der Waals surface area (Å²) < 4.78 is 0. The topological polar surface area (TPSA) is 95.5 Å². The lowest BCUT2D eigenvalue weighted by Crippen LogP contribution is -2.19. The minimum absolute atomic E-state index is 0.0130. The van der Waals surface area contributed by atoms with E-state index in [4.69, 9.17) is 23.2 Å². The number of halogens is 2. The summed E-state index contributed by atoms with van der Waals surface area (Å²) in [6, 6.07) is 27.1. The van der Waals surface area contributed by atoms with Crippen molar-refractivity contribution in [3.8, 4) is 0 Å². The Morgan fingerprint density at radius 3 is 2.16 bits per heavy atom. The van der Waals surface area contributed by atoms with Gasteiger partial charge in [-0.1, -0.05) is 59.6 Å². The Labute approximate surface area is 227 Å². The summed E-state index contributed by atoms with van der Waals surface area (Å²) in [6.45, 7) is 0. The van der Waals surface area contributed by atoms with Crippen molar-refractivity contribution in [2.45, 2.75) is 10.1 Å². The number of carboxylic acids is 1. The van der Waals surface area contributed by atoms with Crippen molar-refractivity contribution in [3.05, 3.63) is 124 Å². The van der Waals surface area contributed by atoms with E-state index in [2.05, 4.69) is 10.6 Å². The zero-order valence-electron chi connectivity index (χ0n) is 19.2. The number of hydrogen-bond acceptors (Lipinski definition) is 4. The van der Waals surface area contributed by atoms with Crippen molar-refractivity contribution >= 4 is 64.1 Å². The summed E-state index contributed by atoms with van der Waals surface area (Å²) in [5.41, 5.74) is 2.02. The van der Waals surface area contributed by atoms with Crippen LogP contribution in [0, 0.1) is 0 Å². The highest BCUT2D eigenvalue weighted by Gasteiger charge is 2.23. The van der Waals surface area contributed by atoms with Gasteiger partial charge in [-0.15, -0.1) is 11.8 Å². The van der Waals surface area contributed by atoms with E-state index in [-0.39, 0.29) is 28.1 Å². The van der Waals surface area contributed by atoms with Gasteiger partial charge in [-0.25, -0.2) is 4.79 Å². The molecule has 0 radical (unpaired) electrons. The molecule has 4 aromatic carbocycles. The van der Waals surface area contributed by atoms with E-state index in [0.717, 1.165) is 10.5 Å². The molecule has 9 heteroatoms. The van der Waals surface area contributed by atoms with Crippen molar-refractivity contribution in [3.63, 3.8) is 0 Å². The Kier molecular flexibility index (Phi) is 8.50. The molecule has 0 saturated heterocycles. The lowest BCUT2D eigenvalue weighted by Gasteiger charge is -2.18. The van der Waals surface area contributed by atoms with E-state index < -0.39 is 11.2 Å². The Morgan fingerprint density at radius 2 is 1.49 bits per heavy atom. The van der Waals surface area contributed by atoms with E-state index >= 15 is 0 Å². The number of amides is 2. The minimum Gasteiger partial charge on any atom is -0.478 e. The standard InChI is InChI=1S/C28H20Cl2N2O4S/c29-20-8-4-7-18(15-20)26(33)31-21-10-12-22(13-11-21)37-25(17-5-2-1-3-6-17)27(34)32-24-16-19(28(35)36)9-14-23(24)30/h1-16,25H,(H,31,33)(H,32,34)(H,35,36). The first-order valence-corrected chi connectivity index (χ1v) is 12.7. The molecule has 0 saturated carbocycles. The first-order chi connectivity index (χ1) is 17.8. The van der Waals surface area contributed by atoms with Gasteiger partial charge in [0.2, 0.25) is 5.91 Å². The summed E-state index contributed by atoms with van der Waals surface area (Å²) in [4.78, 5) is 38.0. The first kappa shape index (κ1) is 26.3. The highest BCUT2D eigenvalue weighted by Crippen LogP contribution is 2.37. The lowest BCUT2D eigenvalue weighted by molar-refractivity contribution is -0.115. The van der Waals surface area contributed by atoms with Crippen molar-refractivity contribution in [2.75, 3.05) is 10.6 Å². The molecule has 0 aliphatic heterocycles. The van der Waals surface area contributed by atoms with Crippen LogP contribution in [0.4, 0.5) is 11.4 Å². The number of carboxylic acid groups (broad SMARTS) is 1. The Bertz CT molecular complexity index is 1450. The number of thioether (sulfide) groups is 1. The van der Waals surface area contributed by atoms with Crippen LogP contribution in [-0.2, 0) is 4.79 Å². The number of nitrogens with one attached hydrogen (secondary N) is 2. The van der Waals surface area contributed by atoms with Gasteiger partial charge in [0.05, 0.1) is 16.3 Å². The monoisotopic (exact) mass is 550 g/mol. The van der Waals surface area contributed by atoms with Gasteiger partial charge < -0.3 is 15.7 Å². The maximum absolute atomic E-state index is 13.3. The zero-order valence-corrected chi connectivity index (χ0v) is 21.5. The second-order valence-corrected chi connectivity index (χ2v) is 9.91. The number of carbonyl (C=O) groups excluding carboxylic acids is 2. The molecule has 0 spiro atoms. The van der Waals surface area contributed by atoms with Crippen LogP contribution in [0.2, 0.25) is 10.0 Å². The van der Waals surface area contributed by atoms with Gasteiger partial charge in [0.25, 0.3) is 5.91 Å². The summed E-state index contributed by atoms with van der Waals surface area (Å²) >= 11 is 13.5. The van der Waals surface area contributed by atoms with Crippen LogP contribution in [0.15, 0.2) is 102 Å². The average Bonchev–Trinajstić information content (AvgIpc) is 2.89. The molecule has 1 atom stereocenters. The zero-order chi connectivity index (χ0) is 26.4. The smallest absolute Gasteiger partial charge is 0.335 e. The van der Waals surface area contributed by atoms with Crippen LogP contribution in [0.25, 0.3) is 0 Å². The first-order valence-electron chi connectivity index (χ1n) is 11.0. The van der Waals surface area contributed by atoms with Crippen molar-refractivity contribution in [1.82, 2.24) is 0 Å². The van der Waals surface area contributed by atoms with Crippen molar-refractivity contribution in [2.24, 2.45) is 0 Å². The normalized spacial score (nSPS) is 11.4. The van der Waals surface area contributed by atoms with Crippen molar-refractivity contribution in [1.29, 1.82) is 0 Å². The number of carbonyl (C=O) groups is 3. The van der Waals surface area contributed by atoms with Crippen LogP contribution in [0.3, 0.4) is 0 Å². The van der Waals surface area contributed by atoms with Crippen LogP contribution >= 0.6 is 35.0 Å². The molecule has 1 unspecified atom stereocenters. The van der Waals surface area contributed by atoms with Gasteiger partial charge in [-0.3, -0.25) is 9.59 Å². The fourth-order valence-corrected chi connectivity index (χ4v) is 4.82. The van der Waals surface area contributed by atoms with E-state index in [9.17, 15) is 19.5 Å². The summed E-state index contributed by atoms with van der Waals surface area (Å²) in [5, 5.41) is 14.9. The van der Waals surface area contributed by atoms with Gasteiger partial charge in [0.1, 0.15) is 5.25 Å². The fourth-order valence-electron chi connectivity index (χ4n) is 3.44. The minimum atomic E-state index is -1.12. The van der Waals surface area contributed by atoms with Gasteiger partial charge >= 0.3 is 5.97 Å². The molecule has 0 fully saturated rings. The molecule has 4 aromatic rings.